The Morgan fingerprint density at radius 2 is 2.03 bits per heavy atom. The normalized spacial score (nSPS) is 23.6. The number of hydrogen-bond acceptors (Lipinski definition) is 6. The van der Waals surface area contributed by atoms with Crippen LogP contribution in [0.25, 0.3) is 0 Å². The van der Waals surface area contributed by atoms with Crippen LogP contribution in [0.2, 0.25) is 0 Å². The second-order valence-electron chi connectivity index (χ2n) is 9.69. The standard InChI is InChI=1S/C26H38N2O6S/c1-19-16-28(20(2)18-29)35(31,32)25-13-12-21(9-8-14-33-4)15-23(25)34-24(19)17-27(3)26(30)22-10-6-5-7-11-22/h12-13,15,19-20,22,24,29H,5-7,10-11,14,16-18H2,1-4H3/t19-,20-,24-/m1/s1. The van der Waals surface area contributed by atoms with Crippen molar-refractivity contribution in [1.82, 2.24) is 9.21 Å². The van der Waals surface area contributed by atoms with Crippen LogP contribution in [0.1, 0.15) is 51.5 Å². The van der Waals surface area contributed by atoms with E-state index in [0.717, 1.165) is 25.7 Å². The SMILES string of the molecule is COCC#Cc1ccc2c(c1)O[C@H](CN(C)C(=O)C1CCCCC1)[C@H](C)CN([C@H](C)CO)S2(=O)=O. The van der Waals surface area contributed by atoms with E-state index in [9.17, 15) is 18.3 Å². The van der Waals surface area contributed by atoms with Gasteiger partial charge in [-0.25, -0.2) is 8.42 Å². The first kappa shape index (κ1) is 27.5. The average Bonchev–Trinajstić information content (AvgIpc) is 2.85. The van der Waals surface area contributed by atoms with E-state index in [2.05, 4.69) is 11.8 Å². The van der Waals surface area contributed by atoms with Crippen LogP contribution in [0, 0.1) is 23.7 Å². The Hall–Kier alpha value is -2.12. The molecule has 9 heteroatoms. The van der Waals surface area contributed by atoms with Crippen LogP contribution in [0.4, 0.5) is 0 Å². The molecule has 0 unspecified atom stereocenters. The van der Waals surface area contributed by atoms with Crippen molar-refractivity contribution in [1.29, 1.82) is 0 Å². The minimum Gasteiger partial charge on any atom is -0.487 e. The molecule has 2 aliphatic rings. The Labute approximate surface area is 209 Å². The van der Waals surface area contributed by atoms with Gasteiger partial charge < -0.3 is 19.5 Å². The van der Waals surface area contributed by atoms with Crippen molar-refractivity contribution in [3.8, 4) is 17.6 Å². The Balaban J connectivity index is 1.96. The number of benzene rings is 1. The van der Waals surface area contributed by atoms with E-state index in [-0.39, 0.29) is 48.1 Å². The third-order valence-electron chi connectivity index (χ3n) is 6.90. The number of carbonyl (C=O) groups excluding carboxylic acids is 1. The maximum Gasteiger partial charge on any atom is 0.247 e. The molecule has 0 spiro atoms. The number of fused-ring (bicyclic) bond motifs is 1. The summed E-state index contributed by atoms with van der Waals surface area (Å²) in [6, 6.07) is 4.17. The summed E-state index contributed by atoms with van der Waals surface area (Å²) in [5.74, 6) is 5.98. The summed E-state index contributed by atoms with van der Waals surface area (Å²) in [6.07, 6.45) is 4.72. The fourth-order valence-corrected chi connectivity index (χ4v) is 6.58. The quantitative estimate of drug-likeness (QED) is 0.596. The van der Waals surface area contributed by atoms with E-state index >= 15 is 0 Å². The molecule has 1 heterocycles. The fraction of sp³-hybridized carbons (Fsp3) is 0.654. The molecule has 0 radical (unpaired) electrons. The number of rotatable bonds is 6. The number of hydrogen-bond donors (Lipinski definition) is 1. The highest BCUT2D eigenvalue weighted by Crippen LogP contribution is 2.34. The predicted octanol–water partition coefficient (Wildman–Crippen LogP) is 2.49. The summed E-state index contributed by atoms with van der Waals surface area (Å²) >= 11 is 0. The highest BCUT2D eigenvalue weighted by atomic mass is 32.2. The van der Waals surface area contributed by atoms with Gasteiger partial charge in [0.05, 0.1) is 13.2 Å². The van der Waals surface area contributed by atoms with Gasteiger partial charge in [-0.2, -0.15) is 4.31 Å². The van der Waals surface area contributed by atoms with Crippen LogP contribution in [0.15, 0.2) is 23.1 Å². The minimum absolute atomic E-state index is 0.0354. The summed E-state index contributed by atoms with van der Waals surface area (Å²) in [5.41, 5.74) is 0.608. The Kier molecular flexibility index (Phi) is 9.59. The number of nitrogens with zero attached hydrogens (tertiary/aromatic N) is 2. The van der Waals surface area contributed by atoms with Crippen LogP contribution >= 0.6 is 0 Å². The topological polar surface area (TPSA) is 96.4 Å². The molecule has 1 amide bonds. The number of amides is 1. The molecule has 1 saturated carbocycles. The Bertz CT molecular complexity index is 1040. The highest BCUT2D eigenvalue weighted by Gasteiger charge is 2.38. The van der Waals surface area contributed by atoms with Gasteiger partial charge in [0, 0.05) is 44.1 Å². The number of likely N-dealkylation sites (N-methyl/N-ethyl adjacent to an activating group) is 1. The number of sulfonamides is 1. The van der Waals surface area contributed by atoms with Crippen molar-refractivity contribution in [3.63, 3.8) is 0 Å². The number of ether oxygens (including phenoxy) is 2. The zero-order chi connectivity index (χ0) is 25.6. The second kappa shape index (κ2) is 12.2. The van der Waals surface area contributed by atoms with Crippen molar-refractivity contribution in [2.45, 2.75) is 63.0 Å². The van der Waals surface area contributed by atoms with Crippen molar-refractivity contribution in [3.05, 3.63) is 23.8 Å². The molecule has 1 fully saturated rings. The van der Waals surface area contributed by atoms with Crippen LogP contribution < -0.4 is 4.74 Å². The number of carbonyl (C=O) groups is 1. The van der Waals surface area contributed by atoms with Crippen molar-refractivity contribution in [2.75, 3.05) is 40.5 Å². The monoisotopic (exact) mass is 506 g/mol. The van der Waals surface area contributed by atoms with Crippen molar-refractivity contribution >= 4 is 15.9 Å². The summed E-state index contributed by atoms with van der Waals surface area (Å²) < 4.78 is 39.8. The van der Waals surface area contributed by atoms with E-state index in [1.54, 1.807) is 38.1 Å². The number of aliphatic hydroxyl groups is 1. The first-order valence-electron chi connectivity index (χ1n) is 12.3. The third kappa shape index (κ3) is 6.56. The zero-order valence-electron chi connectivity index (χ0n) is 21.2. The molecule has 1 aromatic rings. The lowest BCUT2D eigenvalue weighted by atomic mass is 9.88. The first-order valence-corrected chi connectivity index (χ1v) is 13.8. The zero-order valence-corrected chi connectivity index (χ0v) is 22.0. The van der Waals surface area contributed by atoms with Gasteiger partial charge in [-0.15, -0.1) is 0 Å². The molecule has 35 heavy (non-hydrogen) atoms. The lowest BCUT2D eigenvalue weighted by Gasteiger charge is -2.38. The second-order valence-corrected chi connectivity index (χ2v) is 11.5. The smallest absolute Gasteiger partial charge is 0.247 e. The molecule has 1 aliphatic carbocycles. The molecule has 1 aliphatic heterocycles. The molecular formula is C26H38N2O6S. The van der Waals surface area contributed by atoms with Gasteiger partial charge in [0.15, 0.2) is 0 Å². The molecule has 194 valence electrons. The summed E-state index contributed by atoms with van der Waals surface area (Å²) in [4.78, 5) is 14.9. The van der Waals surface area contributed by atoms with E-state index in [1.165, 1.54) is 16.8 Å². The van der Waals surface area contributed by atoms with Crippen LogP contribution in [-0.4, -0.2) is 81.2 Å². The molecule has 0 bridgehead atoms. The lowest BCUT2D eigenvalue weighted by Crippen LogP contribution is -2.50. The third-order valence-corrected chi connectivity index (χ3v) is 8.92. The van der Waals surface area contributed by atoms with Gasteiger partial charge in [0.25, 0.3) is 0 Å². The number of aliphatic hydroxyl groups excluding tert-OH is 1. The van der Waals surface area contributed by atoms with E-state index in [4.69, 9.17) is 9.47 Å². The van der Waals surface area contributed by atoms with E-state index in [1.807, 2.05) is 6.92 Å². The van der Waals surface area contributed by atoms with Gasteiger partial charge in [0.1, 0.15) is 23.4 Å². The summed E-state index contributed by atoms with van der Waals surface area (Å²) in [7, 11) is -0.569. The maximum atomic E-state index is 13.6. The molecule has 1 aromatic carbocycles. The molecule has 3 atom stereocenters. The van der Waals surface area contributed by atoms with Gasteiger partial charge >= 0.3 is 0 Å². The van der Waals surface area contributed by atoms with Crippen LogP contribution in [0.5, 0.6) is 5.75 Å². The van der Waals surface area contributed by atoms with Gasteiger partial charge in [0.2, 0.25) is 15.9 Å². The van der Waals surface area contributed by atoms with Gasteiger partial charge in [-0.3, -0.25) is 4.79 Å². The molecule has 8 nitrogen and oxygen atoms in total. The largest absolute Gasteiger partial charge is 0.487 e. The molecule has 3 rings (SSSR count). The minimum atomic E-state index is -3.92. The Morgan fingerprint density at radius 1 is 1.31 bits per heavy atom. The average molecular weight is 507 g/mol. The van der Waals surface area contributed by atoms with E-state index < -0.39 is 22.2 Å². The van der Waals surface area contributed by atoms with Gasteiger partial charge in [-0.05, 0) is 38.0 Å². The molecule has 0 aromatic heterocycles. The molecular weight excluding hydrogens is 468 g/mol. The molecule has 1 N–H and O–H groups in total. The predicted molar refractivity (Wildman–Crippen MR) is 133 cm³/mol. The summed E-state index contributed by atoms with van der Waals surface area (Å²) in [6.45, 7) is 4.08. The van der Waals surface area contributed by atoms with Gasteiger partial charge in [-0.1, -0.05) is 38.0 Å². The fourth-order valence-electron chi connectivity index (χ4n) is 4.75. The first-order chi connectivity index (χ1) is 16.7. The van der Waals surface area contributed by atoms with E-state index in [0.29, 0.717) is 12.1 Å². The maximum absolute atomic E-state index is 13.6. The molecule has 0 saturated heterocycles. The van der Waals surface area contributed by atoms with Crippen molar-refractivity contribution in [2.24, 2.45) is 11.8 Å². The Morgan fingerprint density at radius 3 is 2.69 bits per heavy atom. The number of methoxy groups -OCH3 is 1. The summed E-state index contributed by atoms with van der Waals surface area (Å²) in [5, 5.41) is 9.79. The lowest BCUT2D eigenvalue weighted by molar-refractivity contribution is -0.136. The highest BCUT2D eigenvalue weighted by molar-refractivity contribution is 7.89. The van der Waals surface area contributed by atoms with Crippen LogP contribution in [-0.2, 0) is 19.6 Å². The van der Waals surface area contributed by atoms with Crippen LogP contribution in [0.3, 0.4) is 0 Å². The van der Waals surface area contributed by atoms with Crippen molar-refractivity contribution < 1.29 is 27.8 Å².